The van der Waals surface area contributed by atoms with Crippen LogP contribution in [0, 0.1) is 0 Å². The molecular formula is C18H18N2O4. The number of imide groups is 1. The summed E-state index contributed by atoms with van der Waals surface area (Å²) in [6.07, 6.45) is 0.593. The van der Waals surface area contributed by atoms with Gasteiger partial charge in [-0.2, -0.15) is 0 Å². The standard InChI is InChI=1S/C18H18N2O4/c1-19(24-2)15(21)10-5-11-20-17(22)13-8-3-6-12-7-4-9-14(16(12)13)18(20)23/h3-4,6-9H,5,10-11H2,1-2H3. The van der Waals surface area contributed by atoms with E-state index in [4.69, 9.17) is 4.84 Å². The Morgan fingerprint density at radius 1 is 1.08 bits per heavy atom. The van der Waals surface area contributed by atoms with Crippen molar-refractivity contribution in [1.82, 2.24) is 9.96 Å². The van der Waals surface area contributed by atoms with Gasteiger partial charge in [0.05, 0.1) is 7.11 Å². The second kappa shape index (κ2) is 6.41. The smallest absolute Gasteiger partial charge is 0.261 e. The molecule has 6 nitrogen and oxygen atoms in total. The van der Waals surface area contributed by atoms with Crippen molar-refractivity contribution in [3.05, 3.63) is 47.5 Å². The Bertz CT molecular complexity index is 780. The predicted octanol–water partition coefficient (Wildman–Crippen LogP) is 2.24. The largest absolute Gasteiger partial charge is 0.275 e. The summed E-state index contributed by atoms with van der Waals surface area (Å²) in [6, 6.07) is 10.9. The minimum absolute atomic E-state index is 0.197. The summed E-state index contributed by atoms with van der Waals surface area (Å²) < 4.78 is 0. The molecule has 0 saturated carbocycles. The first-order valence-corrected chi connectivity index (χ1v) is 7.73. The minimum Gasteiger partial charge on any atom is -0.275 e. The first-order chi connectivity index (χ1) is 11.5. The Labute approximate surface area is 139 Å². The van der Waals surface area contributed by atoms with Crippen molar-refractivity contribution in [2.24, 2.45) is 0 Å². The Hall–Kier alpha value is -2.73. The van der Waals surface area contributed by atoms with Gasteiger partial charge in [0.15, 0.2) is 0 Å². The van der Waals surface area contributed by atoms with E-state index in [0.717, 1.165) is 10.4 Å². The molecule has 3 amide bonds. The van der Waals surface area contributed by atoms with Crippen molar-refractivity contribution in [1.29, 1.82) is 0 Å². The molecular weight excluding hydrogens is 308 g/mol. The summed E-state index contributed by atoms with van der Waals surface area (Å²) in [5, 5.41) is 2.72. The SMILES string of the molecule is CON(C)C(=O)CCCN1C(=O)c2cccc3cccc(c23)C1=O. The van der Waals surface area contributed by atoms with E-state index in [1.807, 2.05) is 24.3 Å². The van der Waals surface area contributed by atoms with Crippen LogP contribution in [0.1, 0.15) is 33.6 Å². The van der Waals surface area contributed by atoms with Crippen LogP contribution in [0.3, 0.4) is 0 Å². The molecule has 24 heavy (non-hydrogen) atoms. The van der Waals surface area contributed by atoms with Crippen molar-refractivity contribution in [3.8, 4) is 0 Å². The number of benzene rings is 2. The lowest BCUT2D eigenvalue weighted by Crippen LogP contribution is -2.41. The van der Waals surface area contributed by atoms with Crippen LogP contribution in [0.4, 0.5) is 0 Å². The molecule has 0 N–H and O–H groups in total. The highest BCUT2D eigenvalue weighted by Gasteiger charge is 2.32. The maximum atomic E-state index is 12.7. The Kier molecular flexibility index (Phi) is 4.31. The van der Waals surface area contributed by atoms with Crippen LogP contribution >= 0.6 is 0 Å². The van der Waals surface area contributed by atoms with Gasteiger partial charge in [0.25, 0.3) is 11.8 Å². The Morgan fingerprint density at radius 3 is 2.21 bits per heavy atom. The molecule has 0 radical (unpaired) electrons. The van der Waals surface area contributed by atoms with Gasteiger partial charge < -0.3 is 0 Å². The number of amides is 3. The molecule has 6 heteroatoms. The molecule has 1 aliphatic rings. The monoisotopic (exact) mass is 326 g/mol. The van der Waals surface area contributed by atoms with E-state index in [-0.39, 0.29) is 30.7 Å². The van der Waals surface area contributed by atoms with Gasteiger partial charge in [0.2, 0.25) is 5.91 Å². The van der Waals surface area contributed by atoms with Crippen LogP contribution in [-0.2, 0) is 9.63 Å². The molecule has 0 bridgehead atoms. The molecule has 2 aromatic carbocycles. The van der Waals surface area contributed by atoms with Crippen LogP contribution in [0.2, 0.25) is 0 Å². The van der Waals surface area contributed by atoms with Gasteiger partial charge >= 0.3 is 0 Å². The van der Waals surface area contributed by atoms with Crippen LogP contribution in [0.15, 0.2) is 36.4 Å². The zero-order chi connectivity index (χ0) is 17.3. The third-order valence-corrected chi connectivity index (χ3v) is 4.25. The Morgan fingerprint density at radius 2 is 1.67 bits per heavy atom. The maximum Gasteiger partial charge on any atom is 0.261 e. The predicted molar refractivity (Wildman–Crippen MR) is 88.3 cm³/mol. The zero-order valence-electron chi connectivity index (χ0n) is 13.6. The molecule has 0 unspecified atom stereocenters. The second-order valence-electron chi connectivity index (χ2n) is 5.65. The quantitative estimate of drug-likeness (QED) is 0.624. The van der Waals surface area contributed by atoms with Gasteiger partial charge in [-0.15, -0.1) is 0 Å². The second-order valence-corrected chi connectivity index (χ2v) is 5.65. The van der Waals surface area contributed by atoms with E-state index in [0.29, 0.717) is 22.9 Å². The van der Waals surface area contributed by atoms with Gasteiger partial charge in [-0.1, -0.05) is 24.3 Å². The summed E-state index contributed by atoms with van der Waals surface area (Å²) in [4.78, 5) is 43.1. The third kappa shape index (κ3) is 2.65. The average molecular weight is 326 g/mol. The first kappa shape index (κ1) is 16.1. The van der Waals surface area contributed by atoms with Crippen molar-refractivity contribution in [3.63, 3.8) is 0 Å². The third-order valence-electron chi connectivity index (χ3n) is 4.25. The lowest BCUT2D eigenvalue weighted by molar-refractivity contribution is -0.168. The fraction of sp³-hybridized carbons (Fsp3) is 0.278. The van der Waals surface area contributed by atoms with Crippen LogP contribution in [0.25, 0.3) is 10.8 Å². The highest BCUT2D eigenvalue weighted by molar-refractivity contribution is 6.25. The van der Waals surface area contributed by atoms with E-state index in [1.54, 1.807) is 12.1 Å². The van der Waals surface area contributed by atoms with E-state index in [1.165, 1.54) is 19.1 Å². The van der Waals surface area contributed by atoms with E-state index >= 15 is 0 Å². The maximum absolute atomic E-state index is 12.7. The number of rotatable bonds is 5. The molecule has 0 atom stereocenters. The number of hydrogen-bond donors (Lipinski definition) is 0. The van der Waals surface area contributed by atoms with Crippen LogP contribution in [-0.4, -0.2) is 48.4 Å². The molecule has 3 rings (SSSR count). The summed E-state index contributed by atoms with van der Waals surface area (Å²) in [5.74, 6) is -0.814. The van der Waals surface area contributed by atoms with Crippen molar-refractivity contribution >= 4 is 28.5 Å². The topological polar surface area (TPSA) is 66.9 Å². The van der Waals surface area contributed by atoms with Crippen molar-refractivity contribution in [2.75, 3.05) is 20.7 Å². The molecule has 0 aromatic heterocycles. The van der Waals surface area contributed by atoms with Crippen molar-refractivity contribution in [2.45, 2.75) is 12.8 Å². The van der Waals surface area contributed by atoms with E-state index < -0.39 is 0 Å². The lowest BCUT2D eigenvalue weighted by atomic mass is 9.94. The van der Waals surface area contributed by atoms with Gasteiger partial charge in [-0.25, -0.2) is 5.06 Å². The minimum atomic E-state index is -0.308. The Balaban J connectivity index is 1.81. The average Bonchev–Trinajstić information content (AvgIpc) is 2.61. The van der Waals surface area contributed by atoms with Gasteiger partial charge in [-0.3, -0.25) is 24.1 Å². The molecule has 124 valence electrons. The molecule has 0 spiro atoms. The van der Waals surface area contributed by atoms with Gasteiger partial charge in [0.1, 0.15) is 0 Å². The van der Waals surface area contributed by atoms with E-state index in [2.05, 4.69) is 0 Å². The molecule has 0 fully saturated rings. The molecule has 1 aliphatic heterocycles. The number of carbonyl (C=O) groups is 3. The number of hydrogen-bond acceptors (Lipinski definition) is 4. The molecule has 1 heterocycles. The van der Waals surface area contributed by atoms with Crippen LogP contribution < -0.4 is 0 Å². The fourth-order valence-electron chi connectivity index (χ4n) is 2.93. The van der Waals surface area contributed by atoms with Crippen molar-refractivity contribution < 1.29 is 19.2 Å². The molecule has 0 aliphatic carbocycles. The zero-order valence-corrected chi connectivity index (χ0v) is 13.6. The normalized spacial score (nSPS) is 13.5. The first-order valence-electron chi connectivity index (χ1n) is 7.73. The number of nitrogens with zero attached hydrogens (tertiary/aromatic N) is 2. The summed E-state index contributed by atoms with van der Waals surface area (Å²) in [5.41, 5.74) is 1.06. The molecule has 2 aromatic rings. The van der Waals surface area contributed by atoms with Crippen LogP contribution in [0.5, 0.6) is 0 Å². The number of carbonyl (C=O) groups excluding carboxylic acids is 3. The van der Waals surface area contributed by atoms with E-state index in [9.17, 15) is 14.4 Å². The summed E-state index contributed by atoms with van der Waals surface area (Å²) in [6.45, 7) is 0.200. The highest BCUT2D eigenvalue weighted by Crippen LogP contribution is 2.30. The summed E-state index contributed by atoms with van der Waals surface area (Å²) in [7, 11) is 2.93. The van der Waals surface area contributed by atoms with Gasteiger partial charge in [-0.05, 0) is 23.9 Å². The fourth-order valence-corrected chi connectivity index (χ4v) is 2.93. The van der Waals surface area contributed by atoms with Gasteiger partial charge in [0, 0.05) is 36.5 Å². The lowest BCUT2D eigenvalue weighted by Gasteiger charge is -2.27. The number of hydroxylamine groups is 2. The highest BCUT2D eigenvalue weighted by atomic mass is 16.7. The summed E-state index contributed by atoms with van der Waals surface area (Å²) >= 11 is 0. The molecule has 0 saturated heterocycles.